The van der Waals surface area contributed by atoms with Crippen molar-refractivity contribution in [3.05, 3.63) is 106 Å². The average Bonchev–Trinajstić information content (AvgIpc) is 3.01. The minimum Gasteiger partial charge on any atom is -0.340 e. The number of aromatic nitrogens is 1. The van der Waals surface area contributed by atoms with Crippen molar-refractivity contribution < 1.29 is 4.79 Å². The molecule has 0 aliphatic carbocycles. The zero-order chi connectivity index (χ0) is 20.2. The first kappa shape index (κ1) is 19.2. The number of rotatable bonds is 5. The summed E-state index contributed by atoms with van der Waals surface area (Å²) in [6, 6.07) is 25.9. The molecular formula is C24H20BrN3O. The maximum atomic E-state index is 12.4. The number of para-hydroxylation sites is 1. The Kier molecular flexibility index (Phi) is 5.58. The second-order valence-corrected chi connectivity index (χ2v) is 7.62. The van der Waals surface area contributed by atoms with Crippen LogP contribution in [0.5, 0.6) is 0 Å². The van der Waals surface area contributed by atoms with Gasteiger partial charge in [0.05, 0.1) is 11.8 Å². The second-order valence-electron chi connectivity index (χ2n) is 6.77. The van der Waals surface area contributed by atoms with E-state index < -0.39 is 0 Å². The molecule has 0 fully saturated rings. The Balaban J connectivity index is 1.64. The van der Waals surface area contributed by atoms with Crippen molar-refractivity contribution >= 4 is 39.0 Å². The molecule has 4 nitrogen and oxygen atoms in total. The van der Waals surface area contributed by atoms with Crippen molar-refractivity contribution in [2.24, 2.45) is 5.10 Å². The molecule has 0 bridgehead atoms. The van der Waals surface area contributed by atoms with E-state index in [0.29, 0.717) is 5.56 Å². The second kappa shape index (κ2) is 8.45. The van der Waals surface area contributed by atoms with Crippen molar-refractivity contribution in [3.63, 3.8) is 0 Å². The fraction of sp³-hybridized carbons (Fsp3) is 0.0833. The molecule has 1 heterocycles. The molecule has 0 aliphatic heterocycles. The van der Waals surface area contributed by atoms with Crippen LogP contribution in [0, 0.1) is 6.92 Å². The maximum Gasteiger partial charge on any atom is 0.272 e. The van der Waals surface area contributed by atoms with Crippen LogP contribution in [0.4, 0.5) is 0 Å². The number of hydrogen-bond acceptors (Lipinski definition) is 2. The van der Waals surface area contributed by atoms with Crippen molar-refractivity contribution in [2.75, 3.05) is 0 Å². The number of hydrazone groups is 1. The number of hydrogen-bond donors (Lipinski definition) is 1. The highest BCUT2D eigenvalue weighted by atomic mass is 79.9. The molecule has 4 rings (SSSR count). The third-order valence-corrected chi connectivity index (χ3v) is 5.63. The Morgan fingerprint density at radius 2 is 1.69 bits per heavy atom. The van der Waals surface area contributed by atoms with Gasteiger partial charge in [0.25, 0.3) is 5.91 Å². The summed E-state index contributed by atoms with van der Waals surface area (Å²) in [6.07, 6.45) is 1.73. The van der Waals surface area contributed by atoms with Gasteiger partial charge in [-0.05, 0) is 46.6 Å². The van der Waals surface area contributed by atoms with E-state index in [1.54, 1.807) is 12.3 Å². The summed E-state index contributed by atoms with van der Waals surface area (Å²) < 4.78 is 3.02. The highest BCUT2D eigenvalue weighted by molar-refractivity contribution is 9.10. The first-order valence-electron chi connectivity index (χ1n) is 9.35. The molecule has 0 saturated carbocycles. The summed E-state index contributed by atoms with van der Waals surface area (Å²) in [5, 5.41) is 5.34. The van der Waals surface area contributed by atoms with Gasteiger partial charge in [-0.25, -0.2) is 5.43 Å². The third-order valence-electron chi connectivity index (χ3n) is 4.94. The standard InChI is InChI=1S/C24H20BrN3O/c1-17-21(15-26-27-24(29)20-12-5-7-13-22(20)25)19-11-6-8-14-23(19)28(17)16-18-9-3-2-4-10-18/h2-15H,16H2,1H3,(H,27,29)/b26-15+. The quantitative estimate of drug-likeness (QED) is 0.318. The van der Waals surface area contributed by atoms with Gasteiger partial charge >= 0.3 is 0 Å². The van der Waals surface area contributed by atoms with Crippen LogP contribution in [-0.2, 0) is 6.54 Å². The zero-order valence-electron chi connectivity index (χ0n) is 16.0. The van der Waals surface area contributed by atoms with Gasteiger partial charge in [-0.1, -0.05) is 60.7 Å². The van der Waals surface area contributed by atoms with E-state index in [1.165, 1.54) is 5.56 Å². The molecule has 29 heavy (non-hydrogen) atoms. The van der Waals surface area contributed by atoms with Crippen molar-refractivity contribution in [1.82, 2.24) is 9.99 Å². The molecule has 0 saturated heterocycles. The molecule has 0 radical (unpaired) electrons. The van der Waals surface area contributed by atoms with Gasteiger partial charge < -0.3 is 4.57 Å². The van der Waals surface area contributed by atoms with Crippen LogP contribution in [0.15, 0.2) is 88.4 Å². The van der Waals surface area contributed by atoms with E-state index in [2.05, 4.69) is 74.3 Å². The predicted octanol–water partition coefficient (Wildman–Crippen LogP) is 5.52. The van der Waals surface area contributed by atoms with Gasteiger partial charge in [-0.15, -0.1) is 0 Å². The number of fused-ring (bicyclic) bond motifs is 1. The minimum absolute atomic E-state index is 0.251. The molecule has 1 N–H and O–H groups in total. The largest absolute Gasteiger partial charge is 0.340 e. The van der Waals surface area contributed by atoms with E-state index in [9.17, 15) is 4.79 Å². The van der Waals surface area contributed by atoms with Crippen molar-refractivity contribution in [3.8, 4) is 0 Å². The predicted molar refractivity (Wildman–Crippen MR) is 121 cm³/mol. The van der Waals surface area contributed by atoms with E-state index >= 15 is 0 Å². The van der Waals surface area contributed by atoms with E-state index in [-0.39, 0.29) is 5.91 Å². The molecule has 1 aromatic heterocycles. The number of halogens is 1. The number of nitrogens with one attached hydrogen (secondary N) is 1. The summed E-state index contributed by atoms with van der Waals surface area (Å²) in [7, 11) is 0. The van der Waals surface area contributed by atoms with Gasteiger partial charge in [0, 0.05) is 33.2 Å². The summed E-state index contributed by atoms with van der Waals surface area (Å²) in [6.45, 7) is 2.87. The number of benzene rings is 3. The summed E-state index contributed by atoms with van der Waals surface area (Å²) in [5.41, 5.74) is 7.67. The molecule has 144 valence electrons. The van der Waals surface area contributed by atoms with Crippen molar-refractivity contribution in [1.29, 1.82) is 0 Å². The van der Waals surface area contributed by atoms with Gasteiger partial charge in [0.1, 0.15) is 0 Å². The summed E-state index contributed by atoms with van der Waals surface area (Å²) >= 11 is 3.40. The fourth-order valence-electron chi connectivity index (χ4n) is 3.45. The van der Waals surface area contributed by atoms with Crippen LogP contribution in [0.1, 0.15) is 27.2 Å². The van der Waals surface area contributed by atoms with Crippen LogP contribution < -0.4 is 5.43 Å². The topological polar surface area (TPSA) is 46.4 Å². The molecule has 3 aromatic carbocycles. The summed E-state index contributed by atoms with van der Waals surface area (Å²) in [5.74, 6) is -0.251. The lowest BCUT2D eigenvalue weighted by molar-refractivity contribution is 0.0954. The SMILES string of the molecule is Cc1c(/C=N/NC(=O)c2ccccc2Br)c2ccccc2n1Cc1ccccc1. The Bertz CT molecular complexity index is 1200. The first-order valence-corrected chi connectivity index (χ1v) is 10.1. The van der Waals surface area contributed by atoms with E-state index in [0.717, 1.165) is 33.2 Å². The third kappa shape index (κ3) is 4.00. The molecule has 0 aliphatic rings. The van der Waals surface area contributed by atoms with Gasteiger partial charge in [0.15, 0.2) is 0 Å². The van der Waals surface area contributed by atoms with Gasteiger partial charge in [-0.2, -0.15) is 5.10 Å². The maximum absolute atomic E-state index is 12.4. The molecular weight excluding hydrogens is 426 g/mol. The highest BCUT2D eigenvalue weighted by Gasteiger charge is 2.13. The Hall–Kier alpha value is -3.18. The summed E-state index contributed by atoms with van der Waals surface area (Å²) in [4.78, 5) is 12.4. The molecule has 5 heteroatoms. The molecule has 0 atom stereocenters. The molecule has 0 unspecified atom stereocenters. The van der Waals surface area contributed by atoms with Crippen LogP contribution in [0.2, 0.25) is 0 Å². The molecule has 0 spiro atoms. The number of carbonyl (C=O) groups excluding carboxylic acids is 1. The highest BCUT2D eigenvalue weighted by Crippen LogP contribution is 2.25. The van der Waals surface area contributed by atoms with E-state index in [4.69, 9.17) is 0 Å². The van der Waals surface area contributed by atoms with Gasteiger partial charge in [0.2, 0.25) is 0 Å². The number of carbonyl (C=O) groups is 1. The fourth-order valence-corrected chi connectivity index (χ4v) is 3.92. The Morgan fingerprint density at radius 1 is 1.00 bits per heavy atom. The van der Waals surface area contributed by atoms with Crippen LogP contribution in [0.3, 0.4) is 0 Å². The minimum atomic E-state index is -0.251. The zero-order valence-corrected chi connectivity index (χ0v) is 17.6. The first-order chi connectivity index (χ1) is 14.1. The average molecular weight is 446 g/mol. The van der Waals surface area contributed by atoms with Crippen LogP contribution in [-0.4, -0.2) is 16.7 Å². The lowest BCUT2D eigenvalue weighted by Gasteiger charge is -2.08. The Labute approximate surface area is 178 Å². The normalized spacial score (nSPS) is 11.2. The Morgan fingerprint density at radius 3 is 2.48 bits per heavy atom. The van der Waals surface area contributed by atoms with Crippen LogP contribution in [0.25, 0.3) is 10.9 Å². The smallest absolute Gasteiger partial charge is 0.272 e. The molecule has 1 amide bonds. The number of nitrogens with zero attached hydrogens (tertiary/aromatic N) is 2. The molecule has 4 aromatic rings. The van der Waals surface area contributed by atoms with Crippen LogP contribution >= 0.6 is 15.9 Å². The monoisotopic (exact) mass is 445 g/mol. The van der Waals surface area contributed by atoms with Gasteiger partial charge in [-0.3, -0.25) is 4.79 Å². The van der Waals surface area contributed by atoms with E-state index in [1.807, 2.05) is 36.4 Å². The lowest BCUT2D eigenvalue weighted by Crippen LogP contribution is -2.18. The number of amides is 1. The lowest BCUT2D eigenvalue weighted by atomic mass is 10.1. The van der Waals surface area contributed by atoms with Crippen molar-refractivity contribution in [2.45, 2.75) is 13.5 Å².